The fraction of sp³-hybridized carbons (Fsp3) is 0.500. The van der Waals surface area contributed by atoms with E-state index in [2.05, 4.69) is 26.0 Å². The van der Waals surface area contributed by atoms with Gasteiger partial charge in [-0.05, 0) is 56.0 Å². The number of carboxylic acids is 1. The van der Waals surface area contributed by atoms with Gasteiger partial charge in [-0.15, -0.1) is 0 Å². The average Bonchev–Trinajstić information content (AvgIpc) is 3.59. The van der Waals surface area contributed by atoms with Gasteiger partial charge >= 0.3 is 12.0 Å². The van der Waals surface area contributed by atoms with E-state index in [9.17, 15) is 4.79 Å². The van der Waals surface area contributed by atoms with Crippen LogP contribution in [0.4, 0.5) is 5.82 Å². The van der Waals surface area contributed by atoms with Crippen molar-refractivity contribution in [3.63, 3.8) is 0 Å². The molecule has 2 atom stereocenters. The Labute approximate surface area is 207 Å². The van der Waals surface area contributed by atoms with Crippen LogP contribution in [0.2, 0.25) is 5.02 Å². The maximum absolute atomic E-state index is 11.1. The van der Waals surface area contributed by atoms with Crippen LogP contribution in [-0.2, 0) is 9.53 Å². The van der Waals surface area contributed by atoms with E-state index in [1.165, 1.54) is 0 Å². The third-order valence-corrected chi connectivity index (χ3v) is 7.67. The second kappa shape index (κ2) is 8.92. The number of carbonyl (C=O) groups is 1. The van der Waals surface area contributed by atoms with Gasteiger partial charge in [0.2, 0.25) is 0 Å². The van der Waals surface area contributed by atoms with Crippen molar-refractivity contribution in [1.82, 2.24) is 24.6 Å². The fourth-order valence-corrected chi connectivity index (χ4v) is 5.91. The van der Waals surface area contributed by atoms with Gasteiger partial charge in [-0.1, -0.05) is 11.6 Å². The summed E-state index contributed by atoms with van der Waals surface area (Å²) in [4.78, 5) is 24.5. The van der Waals surface area contributed by atoms with Gasteiger partial charge in [-0.3, -0.25) is 9.69 Å². The molecule has 10 nitrogen and oxygen atoms in total. The van der Waals surface area contributed by atoms with Gasteiger partial charge in [0.1, 0.15) is 5.82 Å². The van der Waals surface area contributed by atoms with Crippen LogP contribution in [0.15, 0.2) is 24.4 Å². The minimum atomic E-state index is -0.791. The average molecular weight is 499 g/mol. The summed E-state index contributed by atoms with van der Waals surface area (Å²) >= 11 is 6.70. The minimum absolute atomic E-state index is 0.0783. The van der Waals surface area contributed by atoms with Crippen molar-refractivity contribution in [2.45, 2.75) is 37.3 Å². The van der Waals surface area contributed by atoms with Crippen LogP contribution in [0.3, 0.4) is 0 Å². The van der Waals surface area contributed by atoms with Crippen LogP contribution < -0.4 is 9.64 Å². The summed E-state index contributed by atoms with van der Waals surface area (Å²) in [6.45, 7) is 3.07. The van der Waals surface area contributed by atoms with Crippen molar-refractivity contribution < 1.29 is 19.4 Å². The number of aliphatic carboxylic acids is 1. The molecule has 1 N–H and O–H groups in total. The van der Waals surface area contributed by atoms with E-state index < -0.39 is 5.97 Å². The molecule has 3 aliphatic heterocycles. The predicted octanol–water partition coefficient (Wildman–Crippen LogP) is 2.72. The molecule has 0 aliphatic carbocycles. The molecular weight excluding hydrogens is 472 g/mol. The second-order valence-corrected chi connectivity index (χ2v) is 9.91. The Hall–Kier alpha value is -2.95. The molecule has 11 heteroatoms. The Kier molecular flexibility index (Phi) is 5.74. The topological polar surface area (TPSA) is 106 Å². The SMILES string of the molecule is COc1nc(N2CC3CC2CO3)cc(-n2ncc3cc(Cl)c(C4CCN(CC(=O)O)CC4)cc32)n1. The molecule has 3 fully saturated rings. The molecule has 0 amide bonds. The van der Waals surface area contributed by atoms with Gasteiger partial charge in [0.05, 0.1) is 44.1 Å². The second-order valence-electron chi connectivity index (χ2n) is 9.50. The zero-order valence-electron chi connectivity index (χ0n) is 19.4. The first-order valence-electron chi connectivity index (χ1n) is 11.9. The highest BCUT2D eigenvalue weighted by Crippen LogP contribution is 2.37. The Morgan fingerprint density at radius 3 is 2.71 bits per heavy atom. The number of piperidine rings is 1. The minimum Gasteiger partial charge on any atom is -0.480 e. The van der Waals surface area contributed by atoms with Crippen molar-refractivity contribution in [3.05, 3.63) is 35.0 Å². The predicted molar refractivity (Wildman–Crippen MR) is 130 cm³/mol. The number of morpholine rings is 1. The van der Waals surface area contributed by atoms with Crippen molar-refractivity contribution >= 4 is 34.3 Å². The van der Waals surface area contributed by atoms with Gasteiger partial charge in [0, 0.05) is 23.0 Å². The maximum Gasteiger partial charge on any atom is 0.320 e. The van der Waals surface area contributed by atoms with E-state index in [1.54, 1.807) is 13.3 Å². The number of carboxylic acid groups (broad SMARTS) is 1. The Bertz CT molecular complexity index is 1270. The van der Waals surface area contributed by atoms with Gasteiger partial charge in [-0.2, -0.15) is 15.1 Å². The summed E-state index contributed by atoms with van der Waals surface area (Å²) in [5.74, 6) is 0.915. The van der Waals surface area contributed by atoms with Crippen molar-refractivity contribution in [3.8, 4) is 11.8 Å². The quantitative estimate of drug-likeness (QED) is 0.549. The number of hydrogen-bond acceptors (Lipinski definition) is 8. The van der Waals surface area contributed by atoms with Crippen LogP contribution in [0, 0.1) is 0 Å². The number of methoxy groups -OCH3 is 1. The van der Waals surface area contributed by atoms with E-state index in [0.717, 1.165) is 61.2 Å². The Balaban J connectivity index is 1.33. The molecule has 35 heavy (non-hydrogen) atoms. The number of nitrogens with zero attached hydrogens (tertiary/aromatic N) is 6. The molecule has 184 valence electrons. The van der Waals surface area contributed by atoms with Crippen molar-refractivity contribution in [1.29, 1.82) is 0 Å². The maximum atomic E-state index is 11.1. The lowest BCUT2D eigenvalue weighted by atomic mass is 9.89. The summed E-state index contributed by atoms with van der Waals surface area (Å²) in [7, 11) is 1.57. The summed E-state index contributed by atoms with van der Waals surface area (Å²) in [6.07, 6.45) is 4.77. The fourth-order valence-electron chi connectivity index (χ4n) is 5.58. The monoisotopic (exact) mass is 498 g/mol. The Morgan fingerprint density at radius 2 is 2.03 bits per heavy atom. The molecule has 2 aromatic heterocycles. The number of hydrogen-bond donors (Lipinski definition) is 1. The molecule has 0 saturated carbocycles. The summed E-state index contributed by atoms with van der Waals surface area (Å²) < 4.78 is 13.0. The molecule has 3 aliphatic rings. The number of anilines is 1. The molecule has 0 radical (unpaired) electrons. The molecule has 5 heterocycles. The number of aromatic nitrogens is 4. The normalized spacial score (nSPS) is 22.9. The molecular formula is C24H27ClN6O4. The molecule has 6 rings (SSSR count). The molecule has 0 spiro atoms. The number of halogens is 1. The molecule has 3 aromatic rings. The van der Waals surface area contributed by atoms with E-state index in [-0.39, 0.29) is 18.6 Å². The van der Waals surface area contributed by atoms with Gasteiger partial charge in [0.15, 0.2) is 5.82 Å². The highest BCUT2D eigenvalue weighted by Gasteiger charge is 2.40. The lowest BCUT2D eigenvalue weighted by molar-refractivity contribution is -0.138. The summed E-state index contributed by atoms with van der Waals surface area (Å²) in [5, 5.41) is 15.3. The molecule has 2 unspecified atom stereocenters. The largest absolute Gasteiger partial charge is 0.480 e. The number of ether oxygens (including phenoxy) is 2. The zero-order valence-corrected chi connectivity index (χ0v) is 20.2. The van der Waals surface area contributed by atoms with Crippen LogP contribution in [0.5, 0.6) is 6.01 Å². The van der Waals surface area contributed by atoms with Crippen molar-refractivity contribution in [2.24, 2.45) is 0 Å². The number of likely N-dealkylation sites (tertiary alicyclic amines) is 1. The molecule has 2 bridgehead atoms. The number of rotatable bonds is 6. The Morgan fingerprint density at radius 1 is 1.23 bits per heavy atom. The highest BCUT2D eigenvalue weighted by molar-refractivity contribution is 6.32. The first-order chi connectivity index (χ1) is 17.0. The van der Waals surface area contributed by atoms with Gasteiger partial charge < -0.3 is 19.5 Å². The number of benzene rings is 1. The first-order valence-corrected chi connectivity index (χ1v) is 12.3. The smallest absolute Gasteiger partial charge is 0.320 e. The lowest BCUT2D eigenvalue weighted by Gasteiger charge is -2.31. The van der Waals surface area contributed by atoms with Crippen LogP contribution in [-0.4, -0.2) is 87.8 Å². The van der Waals surface area contributed by atoms with E-state index in [0.29, 0.717) is 29.5 Å². The van der Waals surface area contributed by atoms with Crippen LogP contribution in [0.25, 0.3) is 16.7 Å². The van der Waals surface area contributed by atoms with Crippen molar-refractivity contribution in [2.75, 3.05) is 44.8 Å². The third kappa shape index (κ3) is 4.19. The van der Waals surface area contributed by atoms with Gasteiger partial charge in [-0.25, -0.2) is 4.68 Å². The first kappa shape index (κ1) is 22.5. The number of fused-ring (bicyclic) bond motifs is 3. The zero-order chi connectivity index (χ0) is 24.1. The van der Waals surface area contributed by atoms with Crippen LogP contribution in [0.1, 0.15) is 30.7 Å². The van der Waals surface area contributed by atoms with Crippen LogP contribution >= 0.6 is 11.6 Å². The van der Waals surface area contributed by atoms with E-state index in [1.807, 2.05) is 21.7 Å². The molecule has 1 aromatic carbocycles. The summed E-state index contributed by atoms with van der Waals surface area (Å²) in [5.41, 5.74) is 1.97. The van der Waals surface area contributed by atoms with Gasteiger partial charge in [0.25, 0.3) is 0 Å². The molecule has 3 saturated heterocycles. The van der Waals surface area contributed by atoms with E-state index >= 15 is 0 Å². The third-order valence-electron chi connectivity index (χ3n) is 7.35. The van der Waals surface area contributed by atoms with E-state index in [4.69, 9.17) is 26.2 Å². The highest BCUT2D eigenvalue weighted by atomic mass is 35.5. The summed E-state index contributed by atoms with van der Waals surface area (Å²) in [6, 6.07) is 6.62. The standard InChI is InChI=1S/C24H27ClN6O4/c1-34-24-27-21(30-11-17-7-16(30)13-35-17)9-22(28-24)31-20-8-18(19(25)6-15(20)10-26-31)14-2-4-29(5-3-14)12-23(32)33/h6,8-10,14,16-17H,2-5,7,11-13H2,1H3,(H,32,33). The lowest BCUT2D eigenvalue weighted by Crippen LogP contribution is -2.37.